The van der Waals surface area contributed by atoms with E-state index in [0.29, 0.717) is 92.5 Å². The van der Waals surface area contributed by atoms with Crippen LogP contribution in [0.4, 0.5) is 0 Å². The second-order valence-corrected chi connectivity index (χ2v) is 42.7. The van der Waals surface area contributed by atoms with Crippen molar-refractivity contribution in [2.24, 2.45) is 131 Å². The summed E-state index contributed by atoms with van der Waals surface area (Å²) in [5.74, 6) is 3.84. The first kappa shape index (κ1) is 84.2. The van der Waals surface area contributed by atoms with Gasteiger partial charge < -0.3 is 28.4 Å². The topological polar surface area (TPSA) is 136 Å². The smallest absolute Gasteiger partial charge is 0.310 e. The normalized spacial score (nSPS) is 39.4. The third-order valence-electron chi connectivity index (χ3n) is 35.6. The van der Waals surface area contributed by atoms with E-state index in [-0.39, 0.29) is 106 Å². The van der Waals surface area contributed by atoms with Crippen LogP contribution in [-0.4, -0.2) is 77.7 Å². The largest absolute Gasteiger partial charge is 0.461 e. The highest BCUT2D eigenvalue weighted by atomic mass is 32.2. The Balaban J connectivity index is 0.000000206. The molecule has 0 aromatic heterocycles. The lowest BCUT2D eigenvalue weighted by molar-refractivity contribution is -0.255. The van der Waals surface area contributed by atoms with Crippen molar-refractivity contribution in [1.29, 1.82) is 0 Å². The van der Waals surface area contributed by atoms with Crippen LogP contribution in [-0.2, 0) is 61.2 Å². The van der Waals surface area contributed by atoms with Gasteiger partial charge >= 0.3 is 11.9 Å². The molecule has 13 rings (SSSR count). The second kappa shape index (κ2) is 31.1. The molecule has 22 atom stereocenters. The number of hydrogen-bond acceptors (Lipinski definition) is 10. The van der Waals surface area contributed by atoms with Crippen molar-refractivity contribution in [3.05, 3.63) is 125 Å². The van der Waals surface area contributed by atoms with Crippen LogP contribution in [0.5, 0.6) is 0 Å². The van der Waals surface area contributed by atoms with Gasteiger partial charge in [0.2, 0.25) is 10.0 Å². The van der Waals surface area contributed by atoms with Crippen molar-refractivity contribution < 1.29 is 46.4 Å². The number of esters is 2. The maximum Gasteiger partial charge on any atom is 0.310 e. The summed E-state index contributed by atoms with van der Waals surface area (Å²) in [6, 6.07) is 27.4. The highest BCUT2D eigenvalue weighted by Gasteiger charge is 2.74. The summed E-state index contributed by atoms with van der Waals surface area (Å²) in [4.78, 5) is 29.8. The van der Waals surface area contributed by atoms with E-state index in [1.54, 1.807) is 23.3 Å². The van der Waals surface area contributed by atoms with Crippen molar-refractivity contribution in [2.75, 3.05) is 39.6 Å². The van der Waals surface area contributed by atoms with Gasteiger partial charge in [0.15, 0.2) is 0 Å². The van der Waals surface area contributed by atoms with E-state index in [0.717, 1.165) is 107 Å². The predicted octanol–water partition coefficient (Wildman–Crippen LogP) is 22.6. The standard InChI is InChI=1S/C51H75NO6S.C46H72O4/c1-12-50(13-2,52-59(54,55)39-21-19-35(5)20-22-39)32-58-44-36(6)29-51-33-56-31-47(44,9)42(51)24-23-40-41(51)25-26-49(11)43(45(53)57-30-38-17-15-14-16-18-38)46(8,37(7)34(3)4)27-28-48(40,49)10;1-12-45(13-2,14-3)29-50-39-32(6)26-46-30-48-28-42(39,9)37(46)21-20-35-36(46)22-23-44(11)38(40(47)49-27-34-18-16-15-17-19-34)41(8,33(7)31(4)5)24-25-43(35,44)10/h14-22,25,34,36-37,40,42-44,52H,12-13,23-24,26-33H2,1-11H3;15-19,22,31-33,35,37-39H,12-14,20-21,23-30H2,1-11H3/t36-,37-,40+,42+,43-,44+,46-,47+,48-,49+,51+;32-,33-,35+,37+,38-,39+,41-,42+,43-,44+,46+/m11/s1. The summed E-state index contributed by atoms with van der Waals surface area (Å²) < 4.78 is 71.1. The van der Waals surface area contributed by atoms with Crippen LogP contribution >= 0.6 is 0 Å². The molecule has 2 aliphatic heterocycles. The van der Waals surface area contributed by atoms with Crippen LogP contribution in [0.3, 0.4) is 0 Å². The molecule has 4 bridgehead atoms. The first-order valence-electron chi connectivity index (χ1n) is 43.7. The quantitative estimate of drug-likeness (QED) is 0.0682. The summed E-state index contributed by atoms with van der Waals surface area (Å²) in [6.07, 6.45) is 23.0. The Morgan fingerprint density at radius 2 is 0.908 bits per heavy atom. The summed E-state index contributed by atoms with van der Waals surface area (Å²) in [6.45, 7) is 56.6. The highest BCUT2D eigenvalue weighted by molar-refractivity contribution is 7.89. The van der Waals surface area contributed by atoms with E-state index >= 15 is 0 Å². The second-order valence-electron chi connectivity index (χ2n) is 41.0. The van der Waals surface area contributed by atoms with Crippen LogP contribution < -0.4 is 4.72 Å². The van der Waals surface area contributed by atoms with Gasteiger partial charge in [0.1, 0.15) is 13.2 Å². The molecule has 12 heteroatoms. The van der Waals surface area contributed by atoms with Crippen molar-refractivity contribution in [3.63, 3.8) is 0 Å². The fraction of sp³-hybridized carbons (Fsp3) is 0.753. The van der Waals surface area contributed by atoms with Crippen LogP contribution in [0.15, 0.2) is 113 Å². The Bertz CT molecular complexity index is 3850. The third kappa shape index (κ3) is 13.8. The molecular formula is C97H147NO10S. The van der Waals surface area contributed by atoms with Crippen molar-refractivity contribution in [2.45, 2.75) is 297 Å². The van der Waals surface area contributed by atoms with Crippen LogP contribution in [0.25, 0.3) is 0 Å². The number of rotatable bonds is 24. The maximum absolute atomic E-state index is 14.8. The lowest BCUT2D eigenvalue weighted by atomic mass is 9.34. The van der Waals surface area contributed by atoms with Gasteiger partial charge in [0.05, 0.1) is 74.1 Å². The fourth-order valence-corrected chi connectivity index (χ4v) is 29.1. The van der Waals surface area contributed by atoms with Crippen LogP contribution in [0, 0.1) is 138 Å². The van der Waals surface area contributed by atoms with Crippen molar-refractivity contribution >= 4 is 22.0 Å². The molecule has 11 nitrogen and oxygen atoms in total. The minimum absolute atomic E-state index is 0.00591. The monoisotopic (exact) mass is 1520 g/mol. The highest BCUT2D eigenvalue weighted by Crippen LogP contribution is 2.78. The zero-order valence-electron chi connectivity index (χ0n) is 72.0. The molecule has 8 aliphatic carbocycles. The molecule has 606 valence electrons. The zero-order valence-corrected chi connectivity index (χ0v) is 72.8. The van der Waals surface area contributed by atoms with Crippen LogP contribution in [0.2, 0.25) is 0 Å². The number of allylic oxidation sites excluding steroid dienone is 2. The molecule has 10 aliphatic rings. The first-order valence-corrected chi connectivity index (χ1v) is 45.2. The van der Waals surface area contributed by atoms with Crippen molar-refractivity contribution in [1.82, 2.24) is 4.72 Å². The molecule has 3 aromatic carbocycles. The number of aryl methyl sites for hydroxylation is 1. The van der Waals surface area contributed by atoms with E-state index in [4.69, 9.17) is 28.4 Å². The van der Waals surface area contributed by atoms with E-state index < -0.39 is 15.6 Å². The number of ether oxygens (including phenoxy) is 6. The number of nitrogens with one attached hydrogen (secondary N) is 1. The van der Waals surface area contributed by atoms with E-state index in [1.165, 1.54) is 32.1 Å². The Hall–Kier alpha value is -4.17. The fourth-order valence-electron chi connectivity index (χ4n) is 27.6. The van der Waals surface area contributed by atoms with Gasteiger partial charge in [-0.15, -0.1) is 0 Å². The predicted molar refractivity (Wildman–Crippen MR) is 440 cm³/mol. The van der Waals surface area contributed by atoms with Gasteiger partial charge in [-0.3, -0.25) is 9.59 Å². The number of fused-ring (bicyclic) bond motifs is 6. The van der Waals surface area contributed by atoms with Gasteiger partial charge in [0, 0.05) is 21.7 Å². The molecule has 8 fully saturated rings. The number of hydrogen-bond donors (Lipinski definition) is 1. The van der Waals surface area contributed by atoms with Gasteiger partial charge in [-0.05, 0) is 236 Å². The third-order valence-corrected chi connectivity index (χ3v) is 37.2. The molecule has 0 unspecified atom stereocenters. The number of carbonyl (C=O) groups is 2. The maximum atomic E-state index is 14.8. The summed E-state index contributed by atoms with van der Waals surface area (Å²) in [5, 5.41) is 0. The Labute approximate surface area is 661 Å². The summed E-state index contributed by atoms with van der Waals surface area (Å²) >= 11 is 0. The van der Waals surface area contributed by atoms with Gasteiger partial charge in [-0.25, -0.2) is 13.1 Å². The van der Waals surface area contributed by atoms with Gasteiger partial charge in [-0.2, -0.15) is 0 Å². The number of benzene rings is 3. The molecule has 2 heterocycles. The molecule has 0 radical (unpaired) electrons. The van der Waals surface area contributed by atoms with Gasteiger partial charge in [-0.1, -0.05) is 247 Å². The SMILES string of the molecule is CCC(CC)(CC)CO[C@H]1[C@H](C)C[C@@]23COC[C@@]1(C)[C@@H]2CC[C@H]1C3=CC[C@@]2(C)[C@H](C(=O)OCc3ccccc3)[C@@](C)([C@H](C)C(C)C)CC[C@]12C.CCC(CC)(CO[C@H]1[C@H](C)C[C@@]23COC[C@@]1(C)[C@@H]2CC[C@H]1C3=CC[C@@]2(C)[C@H](C(=O)OCc3ccccc3)[C@@](C)([C@H](C)C(C)C)CC[C@]12C)NS(=O)(=O)c1ccc(C)cc1. The number of sulfonamides is 1. The average molecular weight is 1520 g/mol. The van der Waals surface area contributed by atoms with E-state index in [1.807, 2.05) is 67.6 Å². The lowest BCUT2D eigenvalue weighted by Crippen LogP contribution is -2.69. The minimum Gasteiger partial charge on any atom is -0.461 e. The molecule has 3 aromatic rings. The van der Waals surface area contributed by atoms with E-state index in [2.05, 4.69) is 174 Å². The molecule has 6 saturated carbocycles. The average Bonchev–Trinajstić information content (AvgIpc) is 0.676. The Morgan fingerprint density at radius 1 is 0.514 bits per heavy atom. The summed E-state index contributed by atoms with van der Waals surface area (Å²) in [7, 11) is -3.74. The first-order chi connectivity index (χ1) is 51.4. The summed E-state index contributed by atoms with van der Waals surface area (Å²) in [5.41, 5.74) is 4.84. The zero-order chi connectivity index (χ0) is 79.1. The molecule has 2 saturated heterocycles. The Kier molecular flexibility index (Phi) is 24.0. The number of carbonyl (C=O) groups excluding carboxylic acids is 2. The van der Waals surface area contributed by atoms with Crippen molar-refractivity contribution in [3.8, 4) is 0 Å². The molecule has 1 N–H and O–H groups in total. The molecule has 0 amide bonds. The molecular weight excluding hydrogens is 1370 g/mol. The molecule has 0 spiro atoms. The van der Waals surface area contributed by atoms with Gasteiger partial charge in [0.25, 0.3) is 0 Å². The van der Waals surface area contributed by atoms with E-state index in [9.17, 15) is 18.0 Å². The van der Waals surface area contributed by atoms with Crippen LogP contribution in [0.1, 0.15) is 271 Å². The minimum atomic E-state index is -3.74. The lowest BCUT2D eigenvalue weighted by Gasteiger charge is -2.71. The molecule has 109 heavy (non-hydrogen) atoms. The Morgan fingerprint density at radius 3 is 1.28 bits per heavy atom.